The molecule has 4 heteroatoms. The van der Waals surface area contributed by atoms with Crippen LogP contribution < -0.4 is 0 Å². The Morgan fingerprint density at radius 1 is 1.15 bits per heavy atom. The number of benzene rings is 1. The number of halogens is 1. The molecular formula is C16H15BrN2O. The minimum Gasteiger partial charge on any atom is -0.357 e. The van der Waals surface area contributed by atoms with Crippen LogP contribution in [0.1, 0.15) is 28.5 Å². The van der Waals surface area contributed by atoms with Crippen LogP contribution >= 0.6 is 15.9 Å². The molecule has 0 aliphatic heterocycles. The van der Waals surface area contributed by atoms with E-state index in [9.17, 15) is 4.79 Å². The Bertz CT molecular complexity index is 826. The highest BCUT2D eigenvalue weighted by Gasteiger charge is 2.17. The maximum atomic E-state index is 11.7. The second kappa shape index (κ2) is 4.63. The third kappa shape index (κ3) is 2.00. The molecule has 0 unspecified atom stereocenters. The summed E-state index contributed by atoms with van der Waals surface area (Å²) in [5, 5.41) is 1.14. The maximum absolute atomic E-state index is 11.7. The highest BCUT2D eigenvalue weighted by Crippen LogP contribution is 2.30. The number of Topliss-reactive ketones (excluding diaryl/α,β-unsaturated/α-hetero) is 1. The monoisotopic (exact) mass is 330 g/mol. The molecule has 3 rings (SSSR count). The molecule has 0 aliphatic carbocycles. The molecule has 0 saturated heterocycles. The van der Waals surface area contributed by atoms with Gasteiger partial charge < -0.3 is 9.97 Å². The first kappa shape index (κ1) is 13.2. The topological polar surface area (TPSA) is 48.6 Å². The van der Waals surface area contributed by atoms with Crippen LogP contribution in [-0.2, 0) is 0 Å². The number of H-pyrrole nitrogens is 2. The zero-order chi connectivity index (χ0) is 14.4. The van der Waals surface area contributed by atoms with Crippen molar-refractivity contribution >= 4 is 32.6 Å². The van der Waals surface area contributed by atoms with Crippen LogP contribution in [0.4, 0.5) is 0 Å². The standard InChI is InChI=1S/C16H15BrN2O/c1-8-15(10(3)20)9(2)18-16(8)14-7-11-6-12(17)4-5-13(11)19-14/h4-7,18-19H,1-3H3. The van der Waals surface area contributed by atoms with Crippen LogP contribution in [0.5, 0.6) is 0 Å². The first-order valence-corrected chi connectivity index (χ1v) is 7.25. The molecule has 1 aromatic carbocycles. The Morgan fingerprint density at radius 2 is 1.90 bits per heavy atom. The van der Waals surface area contributed by atoms with Crippen LogP contribution in [0.15, 0.2) is 28.7 Å². The molecule has 0 bridgehead atoms. The van der Waals surface area contributed by atoms with Gasteiger partial charge in [0.15, 0.2) is 5.78 Å². The van der Waals surface area contributed by atoms with Crippen LogP contribution in [0.25, 0.3) is 22.3 Å². The second-order valence-electron chi connectivity index (χ2n) is 5.10. The highest BCUT2D eigenvalue weighted by molar-refractivity contribution is 9.10. The van der Waals surface area contributed by atoms with Crippen LogP contribution in [0.3, 0.4) is 0 Å². The second-order valence-corrected chi connectivity index (χ2v) is 6.01. The number of carbonyl (C=O) groups excluding carboxylic acids is 1. The van der Waals surface area contributed by atoms with E-state index in [4.69, 9.17) is 0 Å². The van der Waals surface area contributed by atoms with Crippen molar-refractivity contribution in [1.29, 1.82) is 0 Å². The third-order valence-corrected chi connectivity index (χ3v) is 4.13. The number of hydrogen-bond acceptors (Lipinski definition) is 1. The molecule has 0 saturated carbocycles. The molecule has 0 radical (unpaired) electrons. The van der Waals surface area contributed by atoms with E-state index in [1.54, 1.807) is 6.92 Å². The van der Waals surface area contributed by atoms with E-state index in [0.29, 0.717) is 0 Å². The van der Waals surface area contributed by atoms with Crippen LogP contribution in [0.2, 0.25) is 0 Å². The average molecular weight is 331 g/mol. The lowest BCUT2D eigenvalue weighted by Gasteiger charge is -1.97. The van der Waals surface area contributed by atoms with Crippen molar-refractivity contribution in [3.8, 4) is 11.4 Å². The van der Waals surface area contributed by atoms with Gasteiger partial charge in [-0.1, -0.05) is 15.9 Å². The minimum absolute atomic E-state index is 0.0985. The minimum atomic E-state index is 0.0985. The molecular weight excluding hydrogens is 316 g/mol. The van der Waals surface area contributed by atoms with Gasteiger partial charge in [0.2, 0.25) is 0 Å². The molecule has 0 aliphatic rings. The molecule has 0 spiro atoms. The SMILES string of the molecule is CC(=O)c1c(C)[nH]c(-c2cc3cc(Br)ccc3[nH]2)c1C. The number of fused-ring (bicyclic) bond motifs is 1. The zero-order valence-corrected chi connectivity index (χ0v) is 13.2. The van der Waals surface area contributed by atoms with Gasteiger partial charge >= 0.3 is 0 Å². The lowest BCUT2D eigenvalue weighted by Crippen LogP contribution is -1.94. The predicted octanol–water partition coefficient (Wildman–Crippen LogP) is 4.74. The molecule has 0 atom stereocenters. The van der Waals surface area contributed by atoms with Gasteiger partial charge in [-0.3, -0.25) is 4.79 Å². The van der Waals surface area contributed by atoms with Gasteiger partial charge in [0.1, 0.15) is 0 Å². The average Bonchev–Trinajstić information content (AvgIpc) is 2.89. The summed E-state index contributed by atoms with van der Waals surface area (Å²) >= 11 is 3.48. The first-order chi connectivity index (χ1) is 9.47. The van der Waals surface area contributed by atoms with Crippen molar-refractivity contribution in [3.05, 3.63) is 45.6 Å². The molecule has 20 heavy (non-hydrogen) atoms. The zero-order valence-electron chi connectivity index (χ0n) is 11.6. The fourth-order valence-electron chi connectivity index (χ4n) is 2.79. The number of aryl methyl sites for hydroxylation is 1. The fourth-order valence-corrected chi connectivity index (χ4v) is 3.16. The Morgan fingerprint density at radius 3 is 2.55 bits per heavy atom. The number of aromatic amines is 2. The smallest absolute Gasteiger partial charge is 0.161 e. The van der Waals surface area contributed by atoms with E-state index in [0.717, 1.165) is 43.6 Å². The fraction of sp³-hybridized carbons (Fsp3) is 0.188. The Hall–Kier alpha value is -1.81. The van der Waals surface area contributed by atoms with E-state index in [-0.39, 0.29) is 5.78 Å². The number of carbonyl (C=O) groups is 1. The molecule has 3 nitrogen and oxygen atoms in total. The summed E-state index contributed by atoms with van der Waals surface area (Å²) in [6.45, 7) is 5.53. The largest absolute Gasteiger partial charge is 0.357 e. The summed E-state index contributed by atoms with van der Waals surface area (Å²) in [5.74, 6) is 0.0985. The van der Waals surface area contributed by atoms with E-state index in [1.165, 1.54) is 0 Å². The summed E-state index contributed by atoms with van der Waals surface area (Å²) in [6, 6.07) is 8.23. The predicted molar refractivity (Wildman–Crippen MR) is 85.3 cm³/mol. The highest BCUT2D eigenvalue weighted by atomic mass is 79.9. The Labute approximate surface area is 125 Å². The molecule has 0 fully saturated rings. The van der Waals surface area contributed by atoms with Gasteiger partial charge in [0.25, 0.3) is 0 Å². The first-order valence-electron chi connectivity index (χ1n) is 6.46. The van der Waals surface area contributed by atoms with E-state index < -0.39 is 0 Å². The lowest BCUT2D eigenvalue weighted by atomic mass is 10.1. The van der Waals surface area contributed by atoms with Crippen molar-refractivity contribution in [1.82, 2.24) is 9.97 Å². The normalized spacial score (nSPS) is 11.2. The van der Waals surface area contributed by atoms with E-state index in [2.05, 4.69) is 38.0 Å². The summed E-state index contributed by atoms with van der Waals surface area (Å²) in [5.41, 5.74) is 5.79. The van der Waals surface area contributed by atoms with Gasteiger partial charge in [-0.15, -0.1) is 0 Å². The van der Waals surface area contributed by atoms with E-state index >= 15 is 0 Å². The summed E-state index contributed by atoms with van der Waals surface area (Å²) in [4.78, 5) is 18.4. The van der Waals surface area contributed by atoms with Crippen molar-refractivity contribution < 1.29 is 4.79 Å². The summed E-state index contributed by atoms with van der Waals surface area (Å²) in [7, 11) is 0. The quantitative estimate of drug-likeness (QED) is 0.655. The molecule has 102 valence electrons. The summed E-state index contributed by atoms with van der Waals surface area (Å²) in [6.07, 6.45) is 0. The number of aromatic nitrogens is 2. The third-order valence-electron chi connectivity index (χ3n) is 3.64. The van der Waals surface area contributed by atoms with Crippen LogP contribution in [-0.4, -0.2) is 15.8 Å². The number of ketones is 1. The van der Waals surface area contributed by atoms with Crippen LogP contribution in [0, 0.1) is 13.8 Å². The van der Waals surface area contributed by atoms with Gasteiger partial charge in [-0.25, -0.2) is 0 Å². The van der Waals surface area contributed by atoms with Crippen molar-refractivity contribution in [3.63, 3.8) is 0 Å². The summed E-state index contributed by atoms with van der Waals surface area (Å²) < 4.78 is 1.05. The molecule has 2 aromatic heterocycles. The lowest BCUT2D eigenvalue weighted by molar-refractivity contribution is 0.101. The van der Waals surface area contributed by atoms with Gasteiger partial charge in [0.05, 0.1) is 11.4 Å². The molecule has 0 amide bonds. The maximum Gasteiger partial charge on any atom is 0.161 e. The molecule has 2 heterocycles. The molecule has 2 N–H and O–H groups in total. The number of rotatable bonds is 2. The van der Waals surface area contributed by atoms with Gasteiger partial charge in [-0.2, -0.15) is 0 Å². The van der Waals surface area contributed by atoms with Crippen molar-refractivity contribution in [2.24, 2.45) is 0 Å². The van der Waals surface area contributed by atoms with Gasteiger partial charge in [-0.05, 0) is 50.6 Å². The molecule has 3 aromatic rings. The Kier molecular flexibility index (Phi) is 3.05. The number of nitrogens with one attached hydrogen (secondary N) is 2. The van der Waals surface area contributed by atoms with Gasteiger partial charge in [0, 0.05) is 26.6 Å². The van der Waals surface area contributed by atoms with E-state index in [1.807, 2.05) is 26.0 Å². The van der Waals surface area contributed by atoms with Crippen molar-refractivity contribution in [2.75, 3.05) is 0 Å². The number of hydrogen-bond donors (Lipinski definition) is 2. The van der Waals surface area contributed by atoms with Crippen molar-refractivity contribution in [2.45, 2.75) is 20.8 Å². The Balaban J connectivity index is 2.21.